The van der Waals surface area contributed by atoms with Crippen molar-refractivity contribution in [1.82, 2.24) is 10.2 Å². The fraction of sp³-hybridized carbons (Fsp3) is 0.467. The lowest BCUT2D eigenvalue weighted by Gasteiger charge is -2.44. The Morgan fingerprint density at radius 3 is 2.79 bits per heavy atom. The summed E-state index contributed by atoms with van der Waals surface area (Å²) >= 11 is 0. The molecule has 0 radical (unpaired) electrons. The normalized spacial score (nSPS) is 23.3. The lowest BCUT2D eigenvalue weighted by molar-refractivity contribution is -0.210. The number of ether oxygens (including phenoxy) is 2. The monoisotopic (exact) mass is 344 g/mol. The summed E-state index contributed by atoms with van der Waals surface area (Å²) in [6, 6.07) is 4.28. The van der Waals surface area contributed by atoms with Gasteiger partial charge in [-0.15, -0.1) is 0 Å². The van der Waals surface area contributed by atoms with Crippen molar-refractivity contribution in [3.63, 3.8) is 0 Å². The number of methoxy groups -OCH3 is 1. The number of nitrogens with zero attached hydrogens (tertiary/aromatic N) is 1. The van der Waals surface area contributed by atoms with Crippen LogP contribution in [0.1, 0.15) is 15.9 Å². The van der Waals surface area contributed by atoms with Crippen LogP contribution >= 0.6 is 0 Å². The van der Waals surface area contributed by atoms with Gasteiger partial charge in [0.2, 0.25) is 0 Å². The molecule has 2 atom stereocenters. The zero-order chi connectivity index (χ0) is 17.5. The van der Waals surface area contributed by atoms with Crippen LogP contribution < -0.4 is 10.1 Å². The number of rotatable bonds is 2. The van der Waals surface area contributed by atoms with Crippen molar-refractivity contribution in [2.24, 2.45) is 0 Å². The number of halogens is 3. The Kier molecular flexibility index (Phi) is 4.12. The number of amides is 1. The van der Waals surface area contributed by atoms with Gasteiger partial charge in [-0.25, -0.2) is 4.79 Å². The summed E-state index contributed by atoms with van der Waals surface area (Å²) in [6.45, 7) is 0.553. The third-order valence-electron chi connectivity index (χ3n) is 4.17. The van der Waals surface area contributed by atoms with Crippen molar-refractivity contribution >= 4 is 11.9 Å². The number of fused-ring (bicyclic) bond motifs is 2. The number of piperazine rings is 1. The molecule has 0 bridgehead atoms. The van der Waals surface area contributed by atoms with E-state index in [9.17, 15) is 22.8 Å². The fourth-order valence-corrected chi connectivity index (χ4v) is 3.10. The minimum atomic E-state index is -5.09. The number of nitrogens with one attached hydrogen (secondary N) is 1. The predicted molar refractivity (Wildman–Crippen MR) is 75.5 cm³/mol. The largest absolute Gasteiger partial charge is 0.496 e. The SMILES string of the molecule is COc1cccc2c1C[C@@H]1C(OC(=O)C(F)(F)F)NCCN1C2=O. The van der Waals surface area contributed by atoms with Crippen molar-refractivity contribution < 1.29 is 32.2 Å². The molecule has 6 nitrogen and oxygen atoms in total. The summed E-state index contributed by atoms with van der Waals surface area (Å²) in [4.78, 5) is 25.2. The molecule has 2 aliphatic heterocycles. The smallest absolute Gasteiger partial charge is 0.490 e. The number of carbonyl (C=O) groups is 2. The molecule has 130 valence electrons. The molecule has 0 spiro atoms. The van der Waals surface area contributed by atoms with Crippen LogP contribution in [-0.4, -0.2) is 55.4 Å². The number of hydrogen-bond acceptors (Lipinski definition) is 5. The second kappa shape index (κ2) is 5.97. The quantitative estimate of drug-likeness (QED) is 0.814. The van der Waals surface area contributed by atoms with Gasteiger partial charge in [-0.05, 0) is 12.1 Å². The van der Waals surface area contributed by atoms with Crippen LogP contribution in [0.3, 0.4) is 0 Å². The molecule has 1 saturated heterocycles. The van der Waals surface area contributed by atoms with E-state index in [2.05, 4.69) is 10.1 Å². The Hall–Kier alpha value is -2.29. The molecule has 24 heavy (non-hydrogen) atoms. The van der Waals surface area contributed by atoms with Gasteiger partial charge in [0, 0.05) is 30.6 Å². The molecule has 1 unspecified atom stereocenters. The van der Waals surface area contributed by atoms with Gasteiger partial charge in [0.15, 0.2) is 6.23 Å². The van der Waals surface area contributed by atoms with Crippen molar-refractivity contribution in [2.45, 2.75) is 24.9 Å². The van der Waals surface area contributed by atoms with Crippen LogP contribution in [0.2, 0.25) is 0 Å². The Balaban J connectivity index is 1.91. The highest BCUT2D eigenvalue weighted by atomic mass is 19.4. The fourth-order valence-electron chi connectivity index (χ4n) is 3.10. The summed E-state index contributed by atoms with van der Waals surface area (Å²) in [5.41, 5.74) is 1.05. The van der Waals surface area contributed by atoms with Crippen LogP contribution in [0.25, 0.3) is 0 Å². The van der Waals surface area contributed by atoms with E-state index in [-0.39, 0.29) is 18.9 Å². The molecular weight excluding hydrogens is 329 g/mol. The number of carbonyl (C=O) groups excluding carboxylic acids is 2. The summed E-state index contributed by atoms with van der Waals surface area (Å²) < 4.78 is 47.2. The van der Waals surface area contributed by atoms with Crippen LogP contribution in [0, 0.1) is 0 Å². The zero-order valence-corrected chi connectivity index (χ0v) is 12.7. The predicted octanol–water partition coefficient (Wildman–Crippen LogP) is 1.10. The topological polar surface area (TPSA) is 67.9 Å². The van der Waals surface area contributed by atoms with Crippen molar-refractivity contribution in [3.05, 3.63) is 29.3 Å². The second-order valence-electron chi connectivity index (χ2n) is 5.53. The average Bonchev–Trinajstić information content (AvgIpc) is 2.54. The van der Waals surface area contributed by atoms with Gasteiger partial charge < -0.3 is 14.4 Å². The average molecular weight is 344 g/mol. The van der Waals surface area contributed by atoms with E-state index >= 15 is 0 Å². The van der Waals surface area contributed by atoms with E-state index in [1.165, 1.54) is 12.0 Å². The molecule has 1 N–H and O–H groups in total. The van der Waals surface area contributed by atoms with Gasteiger partial charge in [-0.2, -0.15) is 13.2 Å². The summed E-state index contributed by atoms with van der Waals surface area (Å²) in [5, 5.41) is 2.73. The highest BCUT2D eigenvalue weighted by molar-refractivity contribution is 5.98. The van der Waals surface area contributed by atoms with E-state index in [1.807, 2.05) is 0 Å². The van der Waals surface area contributed by atoms with E-state index < -0.39 is 24.4 Å². The first kappa shape index (κ1) is 16.6. The third kappa shape index (κ3) is 2.79. The molecule has 0 saturated carbocycles. The van der Waals surface area contributed by atoms with Gasteiger partial charge in [0.25, 0.3) is 5.91 Å². The van der Waals surface area contributed by atoms with Crippen molar-refractivity contribution in [2.75, 3.05) is 20.2 Å². The molecule has 1 fully saturated rings. The van der Waals surface area contributed by atoms with E-state index in [0.29, 0.717) is 23.4 Å². The molecule has 1 aromatic carbocycles. The van der Waals surface area contributed by atoms with Gasteiger partial charge >= 0.3 is 12.1 Å². The summed E-state index contributed by atoms with van der Waals surface area (Å²) in [7, 11) is 1.45. The molecule has 0 aliphatic carbocycles. The van der Waals surface area contributed by atoms with Gasteiger partial charge in [0.1, 0.15) is 5.75 Å². The highest BCUT2D eigenvalue weighted by Gasteiger charge is 2.47. The van der Waals surface area contributed by atoms with Crippen LogP contribution in [0.4, 0.5) is 13.2 Å². The Labute approximate surface area is 135 Å². The van der Waals surface area contributed by atoms with E-state index in [1.54, 1.807) is 18.2 Å². The van der Waals surface area contributed by atoms with E-state index in [4.69, 9.17) is 4.74 Å². The van der Waals surface area contributed by atoms with Gasteiger partial charge in [-0.3, -0.25) is 10.1 Å². The summed E-state index contributed by atoms with van der Waals surface area (Å²) in [5.74, 6) is -2.11. The molecule has 1 aromatic rings. The highest BCUT2D eigenvalue weighted by Crippen LogP contribution is 2.33. The number of esters is 1. The van der Waals surface area contributed by atoms with Gasteiger partial charge in [0.05, 0.1) is 13.2 Å². The first-order valence-corrected chi connectivity index (χ1v) is 7.31. The summed E-state index contributed by atoms with van der Waals surface area (Å²) in [6.07, 6.45) is -6.08. The van der Waals surface area contributed by atoms with E-state index in [0.717, 1.165) is 0 Å². The lowest BCUT2D eigenvalue weighted by atomic mass is 9.90. The molecule has 1 amide bonds. The number of benzene rings is 1. The first-order valence-electron chi connectivity index (χ1n) is 7.31. The first-order chi connectivity index (χ1) is 11.3. The Morgan fingerprint density at radius 2 is 2.12 bits per heavy atom. The number of hydrogen-bond donors (Lipinski definition) is 1. The van der Waals surface area contributed by atoms with Crippen molar-refractivity contribution in [3.8, 4) is 5.75 Å². The number of alkyl halides is 3. The second-order valence-corrected chi connectivity index (χ2v) is 5.53. The van der Waals surface area contributed by atoms with Crippen LogP contribution in [0.5, 0.6) is 5.75 Å². The third-order valence-corrected chi connectivity index (χ3v) is 4.17. The van der Waals surface area contributed by atoms with Crippen LogP contribution in [-0.2, 0) is 16.0 Å². The molecule has 0 aromatic heterocycles. The molecule has 2 heterocycles. The molecule has 3 rings (SSSR count). The van der Waals surface area contributed by atoms with Crippen LogP contribution in [0.15, 0.2) is 18.2 Å². The minimum Gasteiger partial charge on any atom is -0.496 e. The zero-order valence-electron chi connectivity index (χ0n) is 12.7. The molecule has 9 heteroatoms. The lowest BCUT2D eigenvalue weighted by Crippen LogP contribution is -2.63. The minimum absolute atomic E-state index is 0.230. The molecule has 2 aliphatic rings. The maximum Gasteiger partial charge on any atom is 0.490 e. The Morgan fingerprint density at radius 1 is 1.38 bits per heavy atom. The molecular formula is C15H15F3N2O4. The Bertz CT molecular complexity index is 677. The maximum atomic E-state index is 12.6. The van der Waals surface area contributed by atoms with Gasteiger partial charge in [-0.1, -0.05) is 6.07 Å². The standard InChI is InChI=1S/C15H15F3N2O4/c1-23-11-4-2-3-8-9(11)7-10-12(24-14(22)15(16,17)18)19-5-6-20(10)13(8)21/h2-4,10,12,19H,5-7H2,1H3/t10-,12?/m1/s1. The van der Waals surface area contributed by atoms with Crippen molar-refractivity contribution in [1.29, 1.82) is 0 Å². The maximum absolute atomic E-state index is 12.6.